The lowest BCUT2D eigenvalue weighted by molar-refractivity contribution is -0.256. The van der Waals surface area contributed by atoms with Gasteiger partial charge >= 0.3 is 0 Å². The van der Waals surface area contributed by atoms with Crippen LogP contribution in [0.15, 0.2) is 10.5 Å². The molecule has 62 valence electrons. The van der Waals surface area contributed by atoms with Crippen LogP contribution < -0.4 is 5.73 Å². The lowest BCUT2D eigenvalue weighted by atomic mass is 10.1. The van der Waals surface area contributed by atoms with Crippen LogP contribution in [-0.4, -0.2) is 0 Å². The summed E-state index contributed by atoms with van der Waals surface area (Å²) in [6.45, 7) is 6.33. The molecule has 2 heteroatoms. The summed E-state index contributed by atoms with van der Waals surface area (Å²) < 4.78 is 5.56. The summed E-state index contributed by atoms with van der Waals surface area (Å²) in [6.07, 6.45) is 0.936. The smallest absolute Gasteiger partial charge is 0.170 e. The Morgan fingerprint density at radius 1 is 1.55 bits per heavy atom. The first-order chi connectivity index (χ1) is 5.15. The number of aryl methyl sites for hydroxylation is 1. The number of hydrogen-bond donors (Lipinski definition) is 1. The van der Waals surface area contributed by atoms with E-state index in [9.17, 15) is 0 Å². The normalized spacial score (nSPS) is 11.0. The number of quaternary nitrogens is 1. The molecule has 0 aliphatic heterocycles. The minimum atomic E-state index is 0.468. The van der Waals surface area contributed by atoms with Crippen molar-refractivity contribution in [1.82, 2.24) is 0 Å². The summed E-state index contributed by atoms with van der Waals surface area (Å²) in [7, 11) is 0. The van der Waals surface area contributed by atoms with Crippen LogP contribution in [0.3, 0.4) is 0 Å². The second-order valence-electron chi connectivity index (χ2n) is 3.11. The predicted molar refractivity (Wildman–Crippen MR) is 44.7 cm³/mol. The van der Waals surface area contributed by atoms with E-state index >= 15 is 0 Å². The topological polar surface area (TPSA) is 40.8 Å². The molecule has 1 heterocycles. The van der Waals surface area contributed by atoms with Crippen LogP contribution in [0.25, 0.3) is 0 Å². The van der Waals surface area contributed by atoms with E-state index in [1.54, 1.807) is 0 Å². The van der Waals surface area contributed by atoms with E-state index in [1.807, 2.05) is 6.07 Å². The molecule has 1 rings (SSSR count). The van der Waals surface area contributed by atoms with Gasteiger partial charge in [0.1, 0.15) is 5.76 Å². The van der Waals surface area contributed by atoms with Gasteiger partial charge in [0.25, 0.3) is 0 Å². The van der Waals surface area contributed by atoms with Gasteiger partial charge in [-0.25, -0.2) is 0 Å². The number of hydrogen-bond acceptors (Lipinski definition) is 1. The Kier molecular flexibility index (Phi) is 2.35. The van der Waals surface area contributed by atoms with Gasteiger partial charge in [-0.3, -0.25) is 0 Å². The van der Waals surface area contributed by atoms with Crippen LogP contribution in [0.4, 0.5) is 5.69 Å². The second kappa shape index (κ2) is 3.09. The molecule has 1 aromatic rings. The van der Waals surface area contributed by atoms with Gasteiger partial charge in [0, 0.05) is 18.4 Å². The first-order valence-corrected chi connectivity index (χ1v) is 4.09. The summed E-state index contributed by atoms with van der Waals surface area (Å²) in [5, 5.41) is 0. The van der Waals surface area contributed by atoms with Gasteiger partial charge in [-0.2, -0.15) is 0 Å². The number of furan rings is 1. The third-order valence-electron chi connectivity index (χ3n) is 1.81. The molecule has 0 atom stereocenters. The molecule has 1 aromatic heterocycles. The number of rotatable bonds is 2. The van der Waals surface area contributed by atoms with Gasteiger partial charge in [0.15, 0.2) is 11.4 Å². The van der Waals surface area contributed by atoms with Crippen molar-refractivity contribution in [3.05, 3.63) is 17.6 Å². The molecule has 11 heavy (non-hydrogen) atoms. The summed E-state index contributed by atoms with van der Waals surface area (Å²) in [5.74, 6) is 2.54. The summed E-state index contributed by atoms with van der Waals surface area (Å²) in [4.78, 5) is 0. The van der Waals surface area contributed by atoms with E-state index < -0.39 is 0 Å². The molecule has 0 spiro atoms. The van der Waals surface area contributed by atoms with Crippen LogP contribution in [0.1, 0.15) is 38.2 Å². The fourth-order valence-electron chi connectivity index (χ4n) is 1.07. The highest BCUT2D eigenvalue weighted by atomic mass is 16.3. The maximum atomic E-state index is 5.56. The van der Waals surface area contributed by atoms with E-state index in [0.29, 0.717) is 5.92 Å². The van der Waals surface area contributed by atoms with Gasteiger partial charge in [-0.15, -0.1) is 0 Å². The van der Waals surface area contributed by atoms with Crippen molar-refractivity contribution in [3.8, 4) is 0 Å². The molecule has 3 N–H and O–H groups in total. The monoisotopic (exact) mass is 154 g/mol. The largest absolute Gasteiger partial charge is 0.459 e. The van der Waals surface area contributed by atoms with E-state index in [-0.39, 0.29) is 0 Å². The highest BCUT2D eigenvalue weighted by Crippen LogP contribution is 2.22. The standard InChI is InChI=1S/C9H15NO/c1-4-8-7(10)5-9(11-8)6(2)3/h5-6H,4,10H2,1-3H3/p+1. The maximum Gasteiger partial charge on any atom is 0.170 e. The van der Waals surface area contributed by atoms with Crippen molar-refractivity contribution in [2.45, 2.75) is 33.1 Å². The zero-order valence-electron chi connectivity index (χ0n) is 7.48. The van der Waals surface area contributed by atoms with Crippen LogP contribution >= 0.6 is 0 Å². The van der Waals surface area contributed by atoms with Crippen molar-refractivity contribution >= 4 is 5.69 Å². The summed E-state index contributed by atoms with van der Waals surface area (Å²) in [6, 6.07) is 2.03. The lowest BCUT2D eigenvalue weighted by Gasteiger charge is -1.96. The molecule has 0 saturated carbocycles. The third kappa shape index (κ3) is 1.63. The fraction of sp³-hybridized carbons (Fsp3) is 0.556. The van der Waals surface area contributed by atoms with Crippen molar-refractivity contribution in [3.63, 3.8) is 0 Å². The quantitative estimate of drug-likeness (QED) is 0.693. The van der Waals surface area contributed by atoms with Gasteiger partial charge in [0.05, 0.1) is 0 Å². The second-order valence-corrected chi connectivity index (χ2v) is 3.11. The highest BCUT2D eigenvalue weighted by Gasteiger charge is 2.11. The Balaban J connectivity index is 2.95. The Morgan fingerprint density at radius 2 is 2.18 bits per heavy atom. The Morgan fingerprint density at radius 3 is 2.45 bits per heavy atom. The molecular weight excluding hydrogens is 138 g/mol. The van der Waals surface area contributed by atoms with Crippen LogP contribution in [0, 0.1) is 0 Å². The predicted octanol–water partition coefficient (Wildman–Crippen LogP) is 1.84. The Bertz CT molecular complexity index is 238. The molecule has 0 fully saturated rings. The maximum absolute atomic E-state index is 5.56. The fourth-order valence-corrected chi connectivity index (χ4v) is 1.07. The summed E-state index contributed by atoms with van der Waals surface area (Å²) in [5.41, 5.74) is 4.94. The minimum absolute atomic E-state index is 0.468. The van der Waals surface area contributed by atoms with Crippen molar-refractivity contribution in [2.75, 3.05) is 0 Å². The first kappa shape index (κ1) is 8.34. The van der Waals surface area contributed by atoms with Gasteiger partial charge in [-0.05, 0) is 0 Å². The van der Waals surface area contributed by atoms with E-state index in [0.717, 1.165) is 23.6 Å². The van der Waals surface area contributed by atoms with Crippen LogP contribution in [-0.2, 0) is 6.42 Å². The van der Waals surface area contributed by atoms with Crippen LogP contribution in [0.5, 0.6) is 0 Å². The van der Waals surface area contributed by atoms with Gasteiger partial charge in [-0.1, -0.05) is 20.8 Å². The lowest BCUT2D eigenvalue weighted by Crippen LogP contribution is -2.40. The van der Waals surface area contributed by atoms with Crippen molar-refractivity contribution < 1.29 is 10.2 Å². The molecule has 0 aromatic carbocycles. The first-order valence-electron chi connectivity index (χ1n) is 4.09. The molecule has 0 radical (unpaired) electrons. The molecule has 0 amide bonds. The average molecular weight is 154 g/mol. The van der Waals surface area contributed by atoms with E-state index in [2.05, 4.69) is 26.5 Å². The molecule has 0 aliphatic carbocycles. The van der Waals surface area contributed by atoms with E-state index in [1.165, 1.54) is 0 Å². The summed E-state index contributed by atoms with van der Waals surface area (Å²) >= 11 is 0. The minimum Gasteiger partial charge on any atom is -0.459 e. The highest BCUT2D eigenvalue weighted by molar-refractivity contribution is 5.34. The van der Waals surface area contributed by atoms with E-state index in [4.69, 9.17) is 4.42 Å². The molecule has 0 unspecified atom stereocenters. The molecular formula is C9H16NO+. The average Bonchev–Trinajstić information content (AvgIpc) is 2.31. The van der Waals surface area contributed by atoms with Crippen molar-refractivity contribution in [2.24, 2.45) is 0 Å². The Labute approximate surface area is 67.4 Å². The van der Waals surface area contributed by atoms with Crippen molar-refractivity contribution in [1.29, 1.82) is 0 Å². The van der Waals surface area contributed by atoms with Crippen LogP contribution in [0.2, 0.25) is 0 Å². The molecule has 0 saturated heterocycles. The van der Waals surface area contributed by atoms with Gasteiger partial charge in [0.2, 0.25) is 0 Å². The zero-order valence-corrected chi connectivity index (χ0v) is 7.48. The molecule has 0 aliphatic rings. The molecule has 0 bridgehead atoms. The third-order valence-corrected chi connectivity index (χ3v) is 1.81. The van der Waals surface area contributed by atoms with Gasteiger partial charge < -0.3 is 10.2 Å². The SMILES string of the molecule is CCc1oc(C(C)C)cc1[NH3+]. The molecule has 2 nitrogen and oxygen atoms in total. The Hall–Kier alpha value is -0.760. The zero-order chi connectivity index (χ0) is 8.43.